The van der Waals surface area contributed by atoms with Crippen LogP contribution in [0.15, 0.2) is 71.9 Å². The Labute approximate surface area is 207 Å². The molecule has 0 saturated heterocycles. The van der Waals surface area contributed by atoms with E-state index in [1.807, 2.05) is 12.3 Å². The zero-order chi connectivity index (χ0) is 23.2. The van der Waals surface area contributed by atoms with Gasteiger partial charge in [-0.25, -0.2) is 9.97 Å². The minimum atomic E-state index is -2.50. The summed E-state index contributed by atoms with van der Waals surface area (Å²) in [6.45, 7) is 7.06. The molecule has 1 heterocycles. The van der Waals surface area contributed by atoms with Crippen LogP contribution in [-0.2, 0) is 4.43 Å². The van der Waals surface area contributed by atoms with Crippen LogP contribution in [0, 0.1) is 11.8 Å². The highest BCUT2D eigenvalue weighted by molar-refractivity contribution is 7.98. The summed E-state index contributed by atoms with van der Waals surface area (Å²) in [7, 11) is -2.50. The normalized spacial score (nSPS) is 24.5. The van der Waals surface area contributed by atoms with Crippen molar-refractivity contribution in [2.24, 2.45) is 11.8 Å². The average molecular weight is 495 g/mol. The molecule has 0 radical (unpaired) electrons. The second kappa shape index (κ2) is 8.84. The summed E-state index contributed by atoms with van der Waals surface area (Å²) in [6, 6.07) is 23.9. The lowest BCUT2D eigenvalue weighted by Gasteiger charge is -2.45. The minimum Gasteiger partial charge on any atom is -0.404 e. The molecule has 0 bridgehead atoms. The van der Waals surface area contributed by atoms with E-state index in [4.69, 9.17) is 21.0 Å². The van der Waals surface area contributed by atoms with Crippen LogP contribution in [0.3, 0.4) is 0 Å². The molecule has 4 atom stereocenters. The van der Waals surface area contributed by atoms with E-state index in [2.05, 4.69) is 86.4 Å². The summed E-state index contributed by atoms with van der Waals surface area (Å²) in [5, 5.41) is 4.04. The van der Waals surface area contributed by atoms with Crippen LogP contribution in [0.5, 0.6) is 0 Å². The molecule has 0 N–H and O–H groups in total. The van der Waals surface area contributed by atoms with Gasteiger partial charge in [0, 0.05) is 12.0 Å². The van der Waals surface area contributed by atoms with Gasteiger partial charge in [-0.3, -0.25) is 0 Å². The van der Waals surface area contributed by atoms with E-state index in [0.29, 0.717) is 22.9 Å². The van der Waals surface area contributed by atoms with Crippen molar-refractivity contribution in [1.29, 1.82) is 0 Å². The van der Waals surface area contributed by atoms with Crippen molar-refractivity contribution in [2.75, 3.05) is 6.26 Å². The van der Waals surface area contributed by atoms with E-state index in [-0.39, 0.29) is 11.1 Å². The number of fused-ring (bicyclic) bond motifs is 1. The fourth-order valence-electron chi connectivity index (χ4n) is 5.94. The molecular formula is C27H31ClN2OSSi. The van der Waals surface area contributed by atoms with Crippen LogP contribution in [0.1, 0.15) is 45.2 Å². The molecule has 2 aromatic carbocycles. The first-order chi connectivity index (χ1) is 15.8. The zero-order valence-electron chi connectivity index (χ0n) is 19.7. The van der Waals surface area contributed by atoms with Crippen LogP contribution < -0.4 is 10.4 Å². The Balaban J connectivity index is 1.43. The molecule has 6 heteroatoms. The summed E-state index contributed by atoms with van der Waals surface area (Å²) < 4.78 is 7.37. The predicted molar refractivity (Wildman–Crippen MR) is 140 cm³/mol. The third-order valence-corrected chi connectivity index (χ3v) is 13.2. The monoisotopic (exact) mass is 494 g/mol. The maximum atomic E-state index is 7.37. The van der Waals surface area contributed by atoms with E-state index < -0.39 is 8.32 Å². The summed E-state index contributed by atoms with van der Waals surface area (Å²) in [4.78, 5) is 9.08. The maximum Gasteiger partial charge on any atom is 0.261 e. The van der Waals surface area contributed by atoms with Gasteiger partial charge in [-0.2, -0.15) is 0 Å². The smallest absolute Gasteiger partial charge is 0.261 e. The molecule has 2 aliphatic carbocycles. The summed E-state index contributed by atoms with van der Waals surface area (Å²) in [6.07, 6.45) is 4.46. The minimum absolute atomic E-state index is 0.00925. The van der Waals surface area contributed by atoms with Crippen molar-refractivity contribution in [3.05, 3.63) is 77.6 Å². The first-order valence-electron chi connectivity index (χ1n) is 11.7. The van der Waals surface area contributed by atoms with Gasteiger partial charge in [-0.15, -0.1) is 0 Å². The molecule has 172 valence electrons. The van der Waals surface area contributed by atoms with Crippen molar-refractivity contribution < 1.29 is 4.43 Å². The van der Waals surface area contributed by atoms with Gasteiger partial charge in [0.2, 0.25) is 0 Å². The Kier molecular flexibility index (Phi) is 6.19. The first kappa shape index (κ1) is 23.1. The number of nitrogens with zero attached hydrogens (tertiary/aromatic N) is 2. The molecule has 0 aliphatic heterocycles. The second-order valence-electron chi connectivity index (χ2n) is 10.3. The molecule has 2 fully saturated rings. The molecule has 1 aromatic heterocycles. The van der Waals surface area contributed by atoms with E-state index >= 15 is 0 Å². The second-order valence-corrected chi connectivity index (χ2v) is 15.7. The highest BCUT2D eigenvalue weighted by atomic mass is 35.5. The van der Waals surface area contributed by atoms with Gasteiger partial charge in [0.25, 0.3) is 8.32 Å². The molecule has 2 saturated carbocycles. The highest BCUT2D eigenvalue weighted by Gasteiger charge is 2.60. The fourth-order valence-corrected chi connectivity index (χ4v) is 11.3. The van der Waals surface area contributed by atoms with E-state index in [1.165, 1.54) is 10.4 Å². The van der Waals surface area contributed by atoms with Crippen LogP contribution in [0.2, 0.25) is 10.2 Å². The van der Waals surface area contributed by atoms with Crippen molar-refractivity contribution in [1.82, 2.24) is 9.97 Å². The van der Waals surface area contributed by atoms with Crippen molar-refractivity contribution in [3.8, 4) is 0 Å². The Morgan fingerprint density at radius 1 is 0.909 bits per heavy atom. The number of halogens is 1. The molecular weight excluding hydrogens is 464 g/mol. The third-order valence-electron chi connectivity index (χ3n) is 7.38. The van der Waals surface area contributed by atoms with Crippen molar-refractivity contribution >= 4 is 42.1 Å². The standard InChI is InChI=1S/C27H31ClN2OSSi/c1-27(2,3)33(19-11-7-5-8-12-19,20-13-9-6-10-14-20)31-18-15-21-22(16-18)25(21)23-17-24(28)30-26(29-23)32-4/h5-14,17-18,21-22,25H,15-16H2,1-4H3/t18?,21-,22+,25?. The molecule has 2 aliphatic rings. The van der Waals surface area contributed by atoms with Gasteiger partial charge in [0.05, 0.1) is 5.69 Å². The number of hydrogen-bond acceptors (Lipinski definition) is 4. The fraction of sp³-hybridized carbons (Fsp3) is 0.407. The van der Waals surface area contributed by atoms with Gasteiger partial charge >= 0.3 is 0 Å². The van der Waals surface area contributed by atoms with E-state index in [9.17, 15) is 0 Å². The number of aromatic nitrogens is 2. The quantitative estimate of drug-likeness (QED) is 0.184. The molecule has 2 unspecified atom stereocenters. The van der Waals surface area contributed by atoms with Crippen molar-refractivity contribution in [3.63, 3.8) is 0 Å². The van der Waals surface area contributed by atoms with Crippen molar-refractivity contribution in [2.45, 2.75) is 55.8 Å². The average Bonchev–Trinajstić information content (AvgIpc) is 3.32. The Hall–Kier alpha value is -1.66. The van der Waals surface area contributed by atoms with Gasteiger partial charge < -0.3 is 4.43 Å². The van der Waals surface area contributed by atoms with Crippen LogP contribution in [0.4, 0.5) is 0 Å². The maximum absolute atomic E-state index is 7.37. The Morgan fingerprint density at radius 3 is 1.94 bits per heavy atom. The van der Waals surface area contributed by atoms with Gasteiger partial charge in [0.1, 0.15) is 5.15 Å². The largest absolute Gasteiger partial charge is 0.404 e. The number of rotatable bonds is 6. The SMILES string of the molecule is CSc1nc(Cl)cc(C2[C@H]3CC(O[Si](c4ccccc4)(c4ccccc4)C(C)(C)C)C[C@@H]23)n1. The van der Waals surface area contributed by atoms with Crippen LogP contribution in [-0.4, -0.2) is 30.6 Å². The highest BCUT2D eigenvalue weighted by Crippen LogP contribution is 2.64. The summed E-state index contributed by atoms with van der Waals surface area (Å²) in [5.41, 5.74) is 1.11. The van der Waals surface area contributed by atoms with Gasteiger partial charge in [0.15, 0.2) is 5.16 Å². The molecule has 0 amide bonds. The van der Waals surface area contributed by atoms with Crippen LogP contribution in [0.25, 0.3) is 0 Å². The van der Waals surface area contributed by atoms with E-state index in [0.717, 1.165) is 23.7 Å². The lowest BCUT2D eigenvalue weighted by atomic mass is 10.1. The predicted octanol–water partition coefficient (Wildman–Crippen LogP) is 5.92. The molecule has 3 nitrogen and oxygen atoms in total. The van der Waals surface area contributed by atoms with E-state index in [1.54, 1.807) is 11.8 Å². The van der Waals surface area contributed by atoms with Gasteiger partial charge in [-0.1, -0.05) is 105 Å². The summed E-state index contributed by atoms with van der Waals surface area (Å²) >= 11 is 7.83. The molecule has 5 rings (SSSR count). The zero-order valence-corrected chi connectivity index (χ0v) is 22.2. The Bertz CT molecular complexity index is 1070. The Morgan fingerprint density at radius 2 is 1.45 bits per heavy atom. The van der Waals surface area contributed by atoms with Crippen LogP contribution >= 0.6 is 23.4 Å². The molecule has 33 heavy (non-hydrogen) atoms. The lowest BCUT2D eigenvalue weighted by Crippen LogP contribution is -2.67. The number of hydrogen-bond donors (Lipinski definition) is 0. The van der Waals surface area contributed by atoms with Gasteiger partial charge in [-0.05, 0) is 52.4 Å². The third kappa shape index (κ3) is 4.18. The lowest BCUT2D eigenvalue weighted by molar-refractivity contribution is 0.177. The number of benzene rings is 2. The summed E-state index contributed by atoms with van der Waals surface area (Å²) in [5.74, 6) is 1.76. The number of thioether (sulfide) groups is 1. The topological polar surface area (TPSA) is 35.0 Å². The first-order valence-corrected chi connectivity index (χ1v) is 15.2. The molecule has 0 spiro atoms. The molecule has 3 aromatic rings.